The fourth-order valence-corrected chi connectivity index (χ4v) is 3.39. The first-order valence-corrected chi connectivity index (χ1v) is 7.93. The summed E-state index contributed by atoms with van der Waals surface area (Å²) >= 11 is 1.54. The average molecular weight is 311 g/mol. The lowest BCUT2D eigenvalue weighted by Gasteiger charge is -2.39. The Morgan fingerprint density at radius 1 is 1.57 bits per heavy atom. The largest absolute Gasteiger partial charge is 0.480 e. The highest BCUT2D eigenvalue weighted by Crippen LogP contribution is 2.25. The predicted octanol–water partition coefficient (Wildman–Crippen LogP) is 2.19. The molecule has 0 saturated carbocycles. The van der Waals surface area contributed by atoms with E-state index in [1.54, 1.807) is 23.3 Å². The Labute approximate surface area is 128 Å². The number of rotatable bonds is 3. The SMILES string of the molecule is Cc1nc(CN(C)C(=O)N2CCCC(C)C2C(=O)O)cs1. The summed E-state index contributed by atoms with van der Waals surface area (Å²) < 4.78 is 0. The summed E-state index contributed by atoms with van der Waals surface area (Å²) in [6.45, 7) is 4.71. The van der Waals surface area contributed by atoms with E-state index in [1.807, 2.05) is 19.2 Å². The molecule has 1 aromatic heterocycles. The number of carbonyl (C=O) groups excluding carboxylic acids is 1. The number of carbonyl (C=O) groups is 2. The molecule has 0 aliphatic carbocycles. The molecule has 2 heterocycles. The van der Waals surface area contributed by atoms with Crippen molar-refractivity contribution in [2.24, 2.45) is 5.92 Å². The van der Waals surface area contributed by atoms with Crippen LogP contribution in [0.25, 0.3) is 0 Å². The van der Waals surface area contributed by atoms with Crippen molar-refractivity contribution in [2.75, 3.05) is 13.6 Å². The lowest BCUT2D eigenvalue weighted by atomic mass is 9.91. The van der Waals surface area contributed by atoms with E-state index in [9.17, 15) is 14.7 Å². The summed E-state index contributed by atoms with van der Waals surface area (Å²) in [4.78, 5) is 31.3. The van der Waals surface area contributed by atoms with Crippen molar-refractivity contribution in [3.05, 3.63) is 16.1 Å². The van der Waals surface area contributed by atoms with Crippen LogP contribution in [0.1, 0.15) is 30.5 Å². The number of piperidine rings is 1. The normalized spacial score (nSPS) is 22.1. The number of hydrogen-bond donors (Lipinski definition) is 1. The molecule has 1 aromatic rings. The van der Waals surface area contributed by atoms with Gasteiger partial charge in [0.1, 0.15) is 6.04 Å². The molecule has 6 nitrogen and oxygen atoms in total. The van der Waals surface area contributed by atoms with Gasteiger partial charge in [0.2, 0.25) is 0 Å². The van der Waals surface area contributed by atoms with Crippen LogP contribution >= 0.6 is 11.3 Å². The highest BCUT2D eigenvalue weighted by atomic mass is 32.1. The number of hydrogen-bond acceptors (Lipinski definition) is 4. The van der Waals surface area contributed by atoms with Crippen molar-refractivity contribution < 1.29 is 14.7 Å². The minimum Gasteiger partial charge on any atom is -0.480 e. The Bertz CT molecular complexity index is 531. The van der Waals surface area contributed by atoms with Crippen LogP contribution in [0.5, 0.6) is 0 Å². The first-order valence-electron chi connectivity index (χ1n) is 7.05. The number of thiazole rings is 1. The lowest BCUT2D eigenvalue weighted by molar-refractivity contribution is -0.145. The van der Waals surface area contributed by atoms with Gasteiger partial charge >= 0.3 is 12.0 Å². The maximum absolute atomic E-state index is 12.5. The number of aryl methyl sites for hydroxylation is 1. The van der Waals surface area contributed by atoms with Gasteiger partial charge in [-0.2, -0.15) is 0 Å². The Hall–Kier alpha value is -1.63. The molecular weight excluding hydrogens is 290 g/mol. The third-order valence-electron chi connectivity index (χ3n) is 3.82. The van der Waals surface area contributed by atoms with Crippen molar-refractivity contribution >= 4 is 23.3 Å². The van der Waals surface area contributed by atoms with Crippen LogP contribution < -0.4 is 0 Å². The monoisotopic (exact) mass is 311 g/mol. The molecule has 1 saturated heterocycles. The molecule has 7 heteroatoms. The van der Waals surface area contributed by atoms with E-state index >= 15 is 0 Å². The second-order valence-corrected chi connectivity index (χ2v) is 6.65. The first-order chi connectivity index (χ1) is 9.90. The summed E-state index contributed by atoms with van der Waals surface area (Å²) in [5.74, 6) is -0.941. The number of likely N-dealkylation sites (tertiary alicyclic amines) is 1. The van der Waals surface area contributed by atoms with E-state index in [4.69, 9.17) is 0 Å². The minimum absolute atomic E-state index is 0.0184. The van der Waals surface area contributed by atoms with Crippen LogP contribution in [0.4, 0.5) is 4.79 Å². The first kappa shape index (κ1) is 15.8. The molecule has 2 unspecified atom stereocenters. The van der Waals surface area contributed by atoms with Gasteiger partial charge in [-0.05, 0) is 25.7 Å². The zero-order valence-electron chi connectivity index (χ0n) is 12.6. The van der Waals surface area contributed by atoms with Gasteiger partial charge in [0.25, 0.3) is 0 Å². The second kappa shape index (κ2) is 6.43. The standard InChI is InChI=1S/C14H21N3O3S/c1-9-5-4-6-17(12(9)13(18)19)14(20)16(3)7-11-8-21-10(2)15-11/h8-9,12H,4-7H2,1-3H3,(H,18,19). The van der Waals surface area contributed by atoms with Crippen LogP contribution in [-0.2, 0) is 11.3 Å². The Morgan fingerprint density at radius 3 is 2.86 bits per heavy atom. The molecule has 2 atom stereocenters. The fraction of sp³-hybridized carbons (Fsp3) is 0.643. The Balaban J connectivity index is 2.07. The van der Waals surface area contributed by atoms with E-state index in [0.29, 0.717) is 13.1 Å². The van der Waals surface area contributed by atoms with E-state index in [-0.39, 0.29) is 11.9 Å². The maximum atomic E-state index is 12.5. The molecule has 2 amide bonds. The summed E-state index contributed by atoms with van der Waals surface area (Å²) in [5, 5.41) is 12.3. The maximum Gasteiger partial charge on any atom is 0.326 e. The molecule has 0 bridgehead atoms. The van der Waals surface area contributed by atoms with Gasteiger partial charge in [-0.25, -0.2) is 14.6 Å². The highest BCUT2D eigenvalue weighted by Gasteiger charge is 2.38. The van der Waals surface area contributed by atoms with Crippen molar-refractivity contribution in [3.63, 3.8) is 0 Å². The smallest absolute Gasteiger partial charge is 0.326 e. The van der Waals surface area contributed by atoms with Gasteiger partial charge in [0.05, 0.1) is 17.2 Å². The predicted molar refractivity (Wildman–Crippen MR) is 80.2 cm³/mol. The van der Waals surface area contributed by atoms with Crippen molar-refractivity contribution in [2.45, 2.75) is 39.3 Å². The Morgan fingerprint density at radius 2 is 2.29 bits per heavy atom. The molecule has 1 aliphatic heterocycles. The summed E-state index contributed by atoms with van der Waals surface area (Å²) in [6, 6.07) is -0.967. The van der Waals surface area contributed by atoms with Crippen LogP contribution in [0, 0.1) is 12.8 Å². The minimum atomic E-state index is -0.923. The number of carboxylic acid groups (broad SMARTS) is 1. The second-order valence-electron chi connectivity index (χ2n) is 5.59. The van der Waals surface area contributed by atoms with Gasteiger partial charge in [-0.3, -0.25) is 0 Å². The summed E-state index contributed by atoms with van der Waals surface area (Å²) in [6.07, 6.45) is 1.69. The average Bonchev–Trinajstić information content (AvgIpc) is 2.82. The van der Waals surface area contributed by atoms with Gasteiger partial charge in [-0.1, -0.05) is 6.92 Å². The molecule has 0 spiro atoms. The van der Waals surface area contributed by atoms with Gasteiger partial charge < -0.3 is 14.9 Å². The van der Waals surface area contributed by atoms with E-state index in [2.05, 4.69) is 4.98 Å². The van der Waals surface area contributed by atoms with Crippen LogP contribution in [0.3, 0.4) is 0 Å². The van der Waals surface area contributed by atoms with Crippen LogP contribution in [0.15, 0.2) is 5.38 Å². The molecule has 1 aliphatic rings. The zero-order chi connectivity index (χ0) is 15.6. The number of amides is 2. The molecule has 116 valence electrons. The molecule has 1 N–H and O–H groups in total. The topological polar surface area (TPSA) is 73.7 Å². The molecular formula is C14H21N3O3S. The molecule has 0 aromatic carbocycles. The number of carboxylic acids is 1. The molecule has 0 radical (unpaired) electrons. The van der Waals surface area contributed by atoms with Crippen LogP contribution in [0.2, 0.25) is 0 Å². The van der Waals surface area contributed by atoms with E-state index < -0.39 is 12.0 Å². The number of aromatic nitrogens is 1. The van der Waals surface area contributed by atoms with Crippen molar-refractivity contribution in [3.8, 4) is 0 Å². The summed E-state index contributed by atoms with van der Waals surface area (Å²) in [7, 11) is 1.69. The fourth-order valence-electron chi connectivity index (χ4n) is 2.79. The van der Waals surface area contributed by atoms with E-state index in [1.165, 1.54) is 4.90 Å². The van der Waals surface area contributed by atoms with Crippen molar-refractivity contribution in [1.29, 1.82) is 0 Å². The van der Waals surface area contributed by atoms with Gasteiger partial charge in [-0.15, -0.1) is 11.3 Å². The number of urea groups is 1. The Kier molecular flexibility index (Phi) is 4.82. The third kappa shape index (κ3) is 3.53. The zero-order valence-corrected chi connectivity index (χ0v) is 13.4. The van der Waals surface area contributed by atoms with Gasteiger partial charge in [0.15, 0.2) is 0 Å². The third-order valence-corrected chi connectivity index (χ3v) is 4.65. The number of nitrogens with zero attached hydrogens (tertiary/aromatic N) is 3. The molecule has 21 heavy (non-hydrogen) atoms. The van der Waals surface area contributed by atoms with E-state index in [0.717, 1.165) is 23.5 Å². The van der Waals surface area contributed by atoms with Crippen molar-refractivity contribution in [1.82, 2.24) is 14.8 Å². The molecule has 2 rings (SSSR count). The lowest BCUT2D eigenvalue weighted by Crippen LogP contribution is -2.55. The summed E-state index contributed by atoms with van der Waals surface area (Å²) in [5.41, 5.74) is 0.838. The van der Waals surface area contributed by atoms with Gasteiger partial charge in [0, 0.05) is 19.0 Å². The quantitative estimate of drug-likeness (QED) is 0.928. The highest BCUT2D eigenvalue weighted by molar-refractivity contribution is 7.09. The van der Waals surface area contributed by atoms with Crippen LogP contribution in [-0.4, -0.2) is 51.5 Å². The number of aliphatic carboxylic acids is 1. The molecule has 1 fully saturated rings.